The molecule has 0 amide bonds. The van der Waals surface area contributed by atoms with Gasteiger partial charge in [0.15, 0.2) is 29.1 Å². The van der Waals surface area contributed by atoms with Gasteiger partial charge in [0.1, 0.15) is 5.75 Å². The summed E-state index contributed by atoms with van der Waals surface area (Å²) in [5, 5.41) is 6.60. The first-order valence-electron chi connectivity index (χ1n) is 7.12. The highest BCUT2D eigenvalue weighted by Crippen LogP contribution is 2.29. The molecule has 136 valence electrons. The Kier molecular flexibility index (Phi) is 5.12. The van der Waals surface area contributed by atoms with Crippen LogP contribution < -0.4 is 4.74 Å². The van der Waals surface area contributed by atoms with Crippen LogP contribution in [0, 0.1) is 29.1 Å². The largest absolute Gasteiger partial charge is 0.497 e. The SMILES string of the molecule is COc1ccc(-c2nc(SCc3c(F)c(F)c(F)c(F)c3F)n[nH]2)cc1. The van der Waals surface area contributed by atoms with Gasteiger partial charge in [-0.25, -0.2) is 26.9 Å². The number of hydrogen-bond acceptors (Lipinski definition) is 4. The van der Waals surface area contributed by atoms with E-state index >= 15 is 0 Å². The van der Waals surface area contributed by atoms with Crippen LogP contribution in [0.25, 0.3) is 11.4 Å². The molecule has 4 nitrogen and oxygen atoms in total. The van der Waals surface area contributed by atoms with Crippen LogP contribution in [0.15, 0.2) is 29.4 Å². The zero-order valence-electron chi connectivity index (χ0n) is 13.1. The number of thioether (sulfide) groups is 1. The van der Waals surface area contributed by atoms with Gasteiger partial charge in [0.2, 0.25) is 11.0 Å². The van der Waals surface area contributed by atoms with E-state index in [2.05, 4.69) is 15.2 Å². The van der Waals surface area contributed by atoms with Gasteiger partial charge in [-0.15, -0.1) is 5.10 Å². The van der Waals surface area contributed by atoms with Gasteiger partial charge in [-0.05, 0) is 24.3 Å². The molecule has 0 bridgehead atoms. The van der Waals surface area contributed by atoms with Crippen molar-refractivity contribution in [3.05, 3.63) is 58.9 Å². The van der Waals surface area contributed by atoms with Crippen molar-refractivity contribution < 1.29 is 26.7 Å². The number of nitrogens with one attached hydrogen (secondary N) is 1. The van der Waals surface area contributed by atoms with Crippen LogP contribution in [0.1, 0.15) is 5.56 Å². The number of H-pyrrole nitrogens is 1. The van der Waals surface area contributed by atoms with Crippen LogP contribution in [0.4, 0.5) is 22.0 Å². The van der Waals surface area contributed by atoms with Crippen molar-refractivity contribution in [1.29, 1.82) is 0 Å². The van der Waals surface area contributed by atoms with E-state index < -0.39 is 40.4 Å². The van der Waals surface area contributed by atoms with Gasteiger partial charge in [-0.1, -0.05) is 11.8 Å². The van der Waals surface area contributed by atoms with Gasteiger partial charge in [0.05, 0.1) is 7.11 Å². The van der Waals surface area contributed by atoms with Crippen LogP contribution in [0.2, 0.25) is 0 Å². The van der Waals surface area contributed by atoms with Crippen molar-refractivity contribution in [2.45, 2.75) is 10.9 Å². The Morgan fingerprint density at radius 2 is 1.50 bits per heavy atom. The molecule has 0 aliphatic rings. The molecule has 1 aromatic heterocycles. The van der Waals surface area contributed by atoms with Gasteiger partial charge >= 0.3 is 0 Å². The lowest BCUT2D eigenvalue weighted by Crippen LogP contribution is -2.06. The van der Waals surface area contributed by atoms with E-state index in [1.807, 2.05) is 0 Å². The molecular formula is C16H10F5N3OS. The van der Waals surface area contributed by atoms with Crippen molar-refractivity contribution in [2.24, 2.45) is 0 Å². The predicted octanol–water partition coefficient (Wildman–Crippen LogP) is 4.47. The van der Waals surface area contributed by atoms with E-state index in [1.54, 1.807) is 24.3 Å². The molecule has 0 fully saturated rings. The van der Waals surface area contributed by atoms with Crippen molar-refractivity contribution in [3.8, 4) is 17.1 Å². The summed E-state index contributed by atoms with van der Waals surface area (Å²) in [4.78, 5) is 4.12. The van der Waals surface area contributed by atoms with E-state index in [0.29, 0.717) is 17.1 Å². The predicted molar refractivity (Wildman–Crippen MR) is 84.2 cm³/mol. The number of aromatic amines is 1. The summed E-state index contributed by atoms with van der Waals surface area (Å²) in [7, 11) is 1.53. The molecule has 26 heavy (non-hydrogen) atoms. The summed E-state index contributed by atoms with van der Waals surface area (Å²) in [5.74, 6) is -9.36. The lowest BCUT2D eigenvalue weighted by atomic mass is 10.2. The number of halogens is 5. The number of ether oxygens (including phenoxy) is 1. The summed E-state index contributed by atoms with van der Waals surface area (Å²) < 4.78 is 71.8. The summed E-state index contributed by atoms with van der Waals surface area (Å²) in [6.45, 7) is 0. The number of methoxy groups -OCH3 is 1. The van der Waals surface area contributed by atoms with E-state index in [1.165, 1.54) is 7.11 Å². The first-order valence-corrected chi connectivity index (χ1v) is 8.11. The van der Waals surface area contributed by atoms with Crippen molar-refractivity contribution in [2.75, 3.05) is 7.11 Å². The lowest BCUT2D eigenvalue weighted by molar-refractivity contribution is 0.372. The first-order chi connectivity index (χ1) is 12.4. The normalized spacial score (nSPS) is 11.0. The molecule has 0 saturated heterocycles. The Hall–Kier alpha value is -2.62. The Morgan fingerprint density at radius 3 is 2.08 bits per heavy atom. The average molecular weight is 387 g/mol. The highest BCUT2D eigenvalue weighted by Gasteiger charge is 2.25. The maximum absolute atomic E-state index is 13.7. The number of rotatable bonds is 5. The van der Waals surface area contributed by atoms with Gasteiger partial charge in [0.25, 0.3) is 0 Å². The first kappa shape index (κ1) is 18.2. The van der Waals surface area contributed by atoms with Crippen LogP contribution >= 0.6 is 11.8 Å². The average Bonchev–Trinajstić information content (AvgIpc) is 3.14. The molecular weight excluding hydrogens is 377 g/mol. The van der Waals surface area contributed by atoms with Gasteiger partial charge in [0, 0.05) is 16.9 Å². The maximum atomic E-state index is 13.7. The highest BCUT2D eigenvalue weighted by atomic mass is 32.2. The molecule has 3 aromatic rings. The third kappa shape index (κ3) is 3.36. The second kappa shape index (κ2) is 7.32. The molecule has 2 aromatic carbocycles. The molecule has 1 heterocycles. The molecule has 1 N–H and O–H groups in total. The monoisotopic (exact) mass is 387 g/mol. The summed E-state index contributed by atoms with van der Waals surface area (Å²) in [6, 6.07) is 6.86. The molecule has 0 aliphatic carbocycles. The summed E-state index contributed by atoms with van der Waals surface area (Å²) >= 11 is 0.734. The summed E-state index contributed by atoms with van der Waals surface area (Å²) in [6.07, 6.45) is 0. The van der Waals surface area contributed by atoms with Gasteiger partial charge < -0.3 is 4.74 Å². The number of nitrogens with zero attached hydrogens (tertiary/aromatic N) is 2. The van der Waals surface area contributed by atoms with E-state index in [-0.39, 0.29) is 5.16 Å². The van der Waals surface area contributed by atoms with E-state index in [9.17, 15) is 22.0 Å². The molecule has 0 radical (unpaired) electrons. The minimum atomic E-state index is -2.19. The molecule has 0 saturated carbocycles. The fourth-order valence-corrected chi connectivity index (χ4v) is 2.90. The van der Waals surface area contributed by atoms with Crippen molar-refractivity contribution >= 4 is 11.8 Å². The molecule has 0 atom stereocenters. The minimum absolute atomic E-state index is 0.0970. The number of aromatic nitrogens is 3. The third-order valence-corrected chi connectivity index (χ3v) is 4.35. The van der Waals surface area contributed by atoms with E-state index in [0.717, 1.165) is 11.8 Å². The highest BCUT2D eigenvalue weighted by molar-refractivity contribution is 7.98. The standard InChI is InChI=1S/C16H10F5N3OS/c1-25-8-4-2-7(3-5-8)15-22-16(24-23-15)26-6-9-10(17)12(19)14(21)13(20)11(9)18/h2-5H,6H2,1H3,(H,22,23,24). The maximum Gasteiger partial charge on any atom is 0.209 e. The van der Waals surface area contributed by atoms with Crippen LogP contribution in [0.3, 0.4) is 0 Å². The van der Waals surface area contributed by atoms with Crippen molar-refractivity contribution in [1.82, 2.24) is 15.2 Å². The zero-order valence-corrected chi connectivity index (χ0v) is 13.9. The topological polar surface area (TPSA) is 50.8 Å². The molecule has 3 rings (SSSR count). The molecule has 0 aliphatic heterocycles. The second-order valence-electron chi connectivity index (χ2n) is 5.03. The fourth-order valence-electron chi connectivity index (χ4n) is 2.10. The Bertz CT molecular complexity index is 917. The lowest BCUT2D eigenvalue weighted by Gasteiger charge is -2.06. The van der Waals surface area contributed by atoms with Gasteiger partial charge in [-0.2, -0.15) is 0 Å². The smallest absolute Gasteiger partial charge is 0.209 e. The zero-order chi connectivity index (χ0) is 18.8. The molecule has 0 unspecified atom stereocenters. The van der Waals surface area contributed by atoms with Crippen LogP contribution in [0.5, 0.6) is 5.75 Å². The summed E-state index contributed by atoms with van der Waals surface area (Å²) in [5.41, 5.74) is -0.247. The Morgan fingerprint density at radius 1 is 0.923 bits per heavy atom. The Labute approximate surface area is 148 Å². The Balaban J connectivity index is 1.78. The number of hydrogen-bond donors (Lipinski definition) is 1. The van der Waals surface area contributed by atoms with Crippen molar-refractivity contribution in [3.63, 3.8) is 0 Å². The molecule has 10 heteroatoms. The van der Waals surface area contributed by atoms with Gasteiger partial charge in [-0.3, -0.25) is 5.10 Å². The molecule has 0 spiro atoms. The fraction of sp³-hybridized carbons (Fsp3) is 0.125. The van der Waals surface area contributed by atoms with Crippen LogP contribution in [-0.2, 0) is 5.75 Å². The minimum Gasteiger partial charge on any atom is -0.497 e. The second-order valence-corrected chi connectivity index (χ2v) is 5.97. The third-order valence-electron chi connectivity index (χ3n) is 3.47. The quantitative estimate of drug-likeness (QED) is 0.304. The van der Waals surface area contributed by atoms with Crippen LogP contribution in [-0.4, -0.2) is 22.3 Å². The van der Waals surface area contributed by atoms with E-state index in [4.69, 9.17) is 4.74 Å². The number of benzene rings is 2.